The van der Waals surface area contributed by atoms with Crippen molar-refractivity contribution in [2.24, 2.45) is 17.8 Å². The van der Waals surface area contributed by atoms with Crippen molar-refractivity contribution in [3.63, 3.8) is 0 Å². The lowest BCUT2D eigenvalue weighted by Crippen LogP contribution is -2.31. The average Bonchev–Trinajstić information content (AvgIpc) is 3.32. The van der Waals surface area contributed by atoms with Gasteiger partial charge < -0.3 is 5.32 Å². The fourth-order valence-electron chi connectivity index (χ4n) is 2.86. The molecule has 2 N–H and O–H groups in total. The van der Waals surface area contributed by atoms with Crippen LogP contribution in [0.2, 0.25) is 0 Å². The zero-order chi connectivity index (χ0) is 14.2. The lowest BCUT2D eigenvalue weighted by molar-refractivity contribution is 0.401. The van der Waals surface area contributed by atoms with Gasteiger partial charge in [0.1, 0.15) is 0 Å². The molecule has 0 saturated heterocycles. The predicted molar refractivity (Wildman–Crippen MR) is 80.1 cm³/mol. The van der Waals surface area contributed by atoms with Crippen LogP contribution >= 0.6 is 0 Å². The maximum atomic E-state index is 12.3. The minimum Gasteiger partial charge on any atom is -0.388 e. The number of benzene rings is 1. The van der Waals surface area contributed by atoms with Crippen LogP contribution in [0.4, 0.5) is 5.69 Å². The van der Waals surface area contributed by atoms with Gasteiger partial charge in [-0.2, -0.15) is 0 Å². The number of sulfonamides is 1. The van der Waals surface area contributed by atoms with Gasteiger partial charge in [0, 0.05) is 19.3 Å². The Morgan fingerprint density at radius 3 is 2.10 bits per heavy atom. The molecule has 0 atom stereocenters. The molecule has 4 nitrogen and oxygen atoms in total. The molecule has 0 bridgehead atoms. The number of anilines is 1. The van der Waals surface area contributed by atoms with Gasteiger partial charge >= 0.3 is 0 Å². The summed E-state index contributed by atoms with van der Waals surface area (Å²) in [7, 11) is -1.55. The molecule has 2 aliphatic rings. The zero-order valence-corrected chi connectivity index (χ0v) is 12.6. The van der Waals surface area contributed by atoms with Crippen LogP contribution in [-0.4, -0.2) is 22.0 Å². The van der Waals surface area contributed by atoms with Crippen LogP contribution in [0, 0.1) is 17.8 Å². The molecule has 110 valence electrons. The van der Waals surface area contributed by atoms with E-state index in [1.165, 1.54) is 25.7 Å². The van der Waals surface area contributed by atoms with Crippen LogP contribution in [0.15, 0.2) is 29.2 Å². The standard InChI is InChI=1S/C15H22N2O2S/c1-16-13-6-8-14(9-7-13)20(18,19)17-10-15(11-2-3-11)12-4-5-12/h6-9,11-12,15-17H,2-5,10H2,1H3. The summed E-state index contributed by atoms with van der Waals surface area (Å²) in [5.41, 5.74) is 0.915. The monoisotopic (exact) mass is 294 g/mol. The van der Waals surface area contributed by atoms with Gasteiger partial charge in [-0.3, -0.25) is 0 Å². The van der Waals surface area contributed by atoms with Gasteiger partial charge in [-0.1, -0.05) is 0 Å². The second-order valence-corrected chi connectivity index (χ2v) is 7.73. The third-order valence-corrected chi connectivity index (χ3v) is 5.86. The van der Waals surface area contributed by atoms with E-state index in [-0.39, 0.29) is 0 Å². The lowest BCUT2D eigenvalue weighted by atomic mass is 9.99. The first-order valence-electron chi connectivity index (χ1n) is 7.37. The molecule has 3 rings (SSSR count). The fourth-order valence-corrected chi connectivity index (χ4v) is 3.93. The van der Waals surface area contributed by atoms with Gasteiger partial charge in [-0.25, -0.2) is 13.1 Å². The molecule has 20 heavy (non-hydrogen) atoms. The highest BCUT2D eigenvalue weighted by atomic mass is 32.2. The van der Waals surface area contributed by atoms with Crippen molar-refractivity contribution in [3.8, 4) is 0 Å². The van der Waals surface area contributed by atoms with Crippen LogP contribution in [0.25, 0.3) is 0 Å². The molecule has 0 heterocycles. The van der Waals surface area contributed by atoms with Crippen LogP contribution < -0.4 is 10.0 Å². The van der Waals surface area contributed by atoms with E-state index < -0.39 is 10.0 Å². The highest BCUT2D eigenvalue weighted by Crippen LogP contribution is 2.48. The van der Waals surface area contributed by atoms with Crippen LogP contribution in [0.5, 0.6) is 0 Å². The van der Waals surface area contributed by atoms with Crippen molar-refractivity contribution < 1.29 is 8.42 Å². The zero-order valence-electron chi connectivity index (χ0n) is 11.8. The van der Waals surface area contributed by atoms with E-state index in [0.717, 1.165) is 17.5 Å². The second kappa shape index (κ2) is 5.37. The Morgan fingerprint density at radius 1 is 1.10 bits per heavy atom. The molecule has 0 unspecified atom stereocenters. The molecular formula is C15H22N2O2S. The summed E-state index contributed by atoms with van der Waals surface area (Å²) in [6.07, 6.45) is 5.11. The van der Waals surface area contributed by atoms with Gasteiger partial charge in [-0.05, 0) is 67.7 Å². The molecule has 2 saturated carbocycles. The number of rotatable bonds is 7. The van der Waals surface area contributed by atoms with Crippen molar-refractivity contribution in [3.05, 3.63) is 24.3 Å². The summed E-state index contributed by atoms with van der Waals surface area (Å²) in [6, 6.07) is 6.87. The first kappa shape index (κ1) is 13.9. The van der Waals surface area contributed by atoms with E-state index in [0.29, 0.717) is 17.4 Å². The molecule has 2 aliphatic carbocycles. The Kier molecular flexibility index (Phi) is 3.73. The first-order chi connectivity index (χ1) is 9.60. The van der Waals surface area contributed by atoms with Gasteiger partial charge in [0.15, 0.2) is 0 Å². The normalized spacial score (nSPS) is 19.3. The van der Waals surface area contributed by atoms with Crippen molar-refractivity contribution >= 4 is 15.7 Å². The minimum absolute atomic E-state index is 0.349. The summed E-state index contributed by atoms with van der Waals surface area (Å²) in [6.45, 7) is 0.603. The molecule has 0 amide bonds. The van der Waals surface area contributed by atoms with E-state index in [9.17, 15) is 8.42 Å². The van der Waals surface area contributed by atoms with E-state index in [1.54, 1.807) is 24.3 Å². The van der Waals surface area contributed by atoms with E-state index >= 15 is 0 Å². The summed E-state index contributed by atoms with van der Waals surface area (Å²) < 4.78 is 27.4. The van der Waals surface area contributed by atoms with Crippen molar-refractivity contribution in [1.82, 2.24) is 4.72 Å². The van der Waals surface area contributed by atoms with Gasteiger partial charge in [0.2, 0.25) is 10.0 Å². The molecule has 1 aromatic rings. The smallest absolute Gasteiger partial charge is 0.240 e. The molecule has 5 heteroatoms. The van der Waals surface area contributed by atoms with E-state index in [1.807, 2.05) is 7.05 Å². The number of hydrogen-bond acceptors (Lipinski definition) is 3. The van der Waals surface area contributed by atoms with Crippen LogP contribution in [0.3, 0.4) is 0 Å². The second-order valence-electron chi connectivity index (χ2n) is 5.96. The largest absolute Gasteiger partial charge is 0.388 e. The van der Waals surface area contributed by atoms with Crippen LogP contribution in [0.1, 0.15) is 25.7 Å². The first-order valence-corrected chi connectivity index (χ1v) is 8.86. The van der Waals surface area contributed by atoms with Crippen molar-refractivity contribution in [2.75, 3.05) is 18.9 Å². The summed E-state index contributed by atoms with van der Waals surface area (Å²) in [5, 5.41) is 2.99. The molecule has 2 fully saturated rings. The SMILES string of the molecule is CNc1ccc(S(=O)(=O)NCC(C2CC2)C2CC2)cc1. The lowest BCUT2D eigenvalue weighted by Gasteiger charge is -2.16. The average molecular weight is 294 g/mol. The number of hydrogen-bond donors (Lipinski definition) is 2. The van der Waals surface area contributed by atoms with Gasteiger partial charge in [0.05, 0.1) is 4.90 Å². The van der Waals surface area contributed by atoms with E-state index in [2.05, 4.69) is 10.0 Å². The Bertz CT molecular complexity index is 548. The third-order valence-electron chi connectivity index (χ3n) is 4.42. The Hall–Kier alpha value is -1.07. The minimum atomic E-state index is -3.37. The Balaban J connectivity index is 1.64. The molecule has 0 spiro atoms. The van der Waals surface area contributed by atoms with Crippen molar-refractivity contribution in [2.45, 2.75) is 30.6 Å². The Labute approximate surface area is 121 Å². The third kappa shape index (κ3) is 3.15. The molecular weight excluding hydrogens is 272 g/mol. The molecule has 1 aromatic carbocycles. The molecule has 0 radical (unpaired) electrons. The van der Waals surface area contributed by atoms with Gasteiger partial charge in [-0.15, -0.1) is 0 Å². The molecule has 0 aliphatic heterocycles. The summed E-state index contributed by atoms with van der Waals surface area (Å²) in [5.74, 6) is 2.08. The highest BCUT2D eigenvalue weighted by Gasteiger charge is 2.41. The van der Waals surface area contributed by atoms with Gasteiger partial charge in [0.25, 0.3) is 0 Å². The maximum Gasteiger partial charge on any atom is 0.240 e. The quantitative estimate of drug-likeness (QED) is 0.812. The number of nitrogens with one attached hydrogen (secondary N) is 2. The van der Waals surface area contributed by atoms with Crippen molar-refractivity contribution in [1.29, 1.82) is 0 Å². The molecule has 0 aromatic heterocycles. The summed E-state index contributed by atoms with van der Waals surface area (Å²) in [4.78, 5) is 0.349. The Morgan fingerprint density at radius 2 is 1.65 bits per heavy atom. The highest BCUT2D eigenvalue weighted by molar-refractivity contribution is 7.89. The maximum absolute atomic E-state index is 12.3. The topological polar surface area (TPSA) is 58.2 Å². The fraction of sp³-hybridized carbons (Fsp3) is 0.600. The van der Waals surface area contributed by atoms with Crippen LogP contribution in [-0.2, 0) is 10.0 Å². The summed E-state index contributed by atoms with van der Waals surface area (Å²) >= 11 is 0. The predicted octanol–water partition coefficient (Wildman–Crippen LogP) is 2.44. The van der Waals surface area contributed by atoms with E-state index in [4.69, 9.17) is 0 Å².